The van der Waals surface area contributed by atoms with E-state index >= 15 is 0 Å². The summed E-state index contributed by atoms with van der Waals surface area (Å²) in [7, 11) is 0. The standard InChI is InChI=1S/C14H20N4/c1-3-18(4-2)10-9-15-14-12-7-5-6-8-13(12)16-11-17-14/h5-8,11H,3-4,9-10H2,1-2H3,(H,15,16,17). The molecule has 2 rings (SSSR count). The SMILES string of the molecule is CCN(CC)CCNc1ncnc2ccccc12. The molecule has 0 amide bonds. The largest absolute Gasteiger partial charge is 0.368 e. The molecule has 2 aromatic rings. The Labute approximate surface area is 108 Å². The first-order valence-electron chi connectivity index (χ1n) is 6.51. The maximum Gasteiger partial charge on any atom is 0.137 e. The molecule has 0 spiro atoms. The zero-order valence-corrected chi connectivity index (χ0v) is 11.1. The number of hydrogen-bond donors (Lipinski definition) is 1. The van der Waals surface area contributed by atoms with E-state index in [1.54, 1.807) is 6.33 Å². The van der Waals surface area contributed by atoms with Crippen molar-refractivity contribution in [1.82, 2.24) is 14.9 Å². The number of benzene rings is 1. The van der Waals surface area contributed by atoms with Crippen LogP contribution in [0.3, 0.4) is 0 Å². The predicted octanol–water partition coefficient (Wildman–Crippen LogP) is 2.38. The molecule has 0 unspecified atom stereocenters. The molecular weight excluding hydrogens is 224 g/mol. The summed E-state index contributed by atoms with van der Waals surface area (Å²) in [6.07, 6.45) is 1.61. The summed E-state index contributed by atoms with van der Waals surface area (Å²) in [5.74, 6) is 0.924. The molecule has 4 heteroatoms. The summed E-state index contributed by atoms with van der Waals surface area (Å²) >= 11 is 0. The van der Waals surface area contributed by atoms with Crippen LogP contribution in [0, 0.1) is 0 Å². The lowest BCUT2D eigenvalue weighted by Crippen LogP contribution is -2.28. The highest BCUT2D eigenvalue weighted by molar-refractivity contribution is 5.88. The van der Waals surface area contributed by atoms with E-state index in [1.807, 2.05) is 18.2 Å². The number of rotatable bonds is 6. The minimum Gasteiger partial charge on any atom is -0.368 e. The summed E-state index contributed by atoms with van der Waals surface area (Å²) in [6.45, 7) is 8.48. The maximum atomic E-state index is 4.31. The molecule has 0 radical (unpaired) electrons. The fraction of sp³-hybridized carbons (Fsp3) is 0.429. The summed E-state index contributed by atoms with van der Waals surface area (Å²) in [6, 6.07) is 8.07. The second-order valence-electron chi connectivity index (χ2n) is 4.19. The Morgan fingerprint density at radius 3 is 2.67 bits per heavy atom. The van der Waals surface area contributed by atoms with Crippen molar-refractivity contribution in [1.29, 1.82) is 0 Å². The molecule has 0 aliphatic carbocycles. The fourth-order valence-corrected chi connectivity index (χ4v) is 2.02. The highest BCUT2D eigenvalue weighted by atomic mass is 15.1. The van der Waals surface area contributed by atoms with Gasteiger partial charge in [0, 0.05) is 18.5 Å². The van der Waals surface area contributed by atoms with Gasteiger partial charge < -0.3 is 10.2 Å². The van der Waals surface area contributed by atoms with E-state index in [4.69, 9.17) is 0 Å². The number of aromatic nitrogens is 2. The third-order valence-corrected chi connectivity index (χ3v) is 3.16. The molecule has 0 fully saturated rings. The lowest BCUT2D eigenvalue weighted by atomic mass is 10.2. The third kappa shape index (κ3) is 2.96. The van der Waals surface area contributed by atoms with Crippen molar-refractivity contribution in [3.05, 3.63) is 30.6 Å². The Morgan fingerprint density at radius 1 is 1.11 bits per heavy atom. The Hall–Kier alpha value is -1.68. The van der Waals surface area contributed by atoms with Gasteiger partial charge >= 0.3 is 0 Å². The van der Waals surface area contributed by atoms with E-state index in [-0.39, 0.29) is 0 Å². The highest BCUT2D eigenvalue weighted by Gasteiger charge is 2.03. The van der Waals surface area contributed by atoms with Gasteiger partial charge in [-0.2, -0.15) is 0 Å². The molecule has 4 nitrogen and oxygen atoms in total. The Morgan fingerprint density at radius 2 is 1.89 bits per heavy atom. The summed E-state index contributed by atoms with van der Waals surface area (Å²) in [5, 5.41) is 4.48. The van der Waals surface area contributed by atoms with Gasteiger partial charge in [-0.1, -0.05) is 26.0 Å². The minimum atomic E-state index is 0.905. The van der Waals surface area contributed by atoms with E-state index in [2.05, 4.69) is 40.1 Å². The average molecular weight is 244 g/mol. The highest BCUT2D eigenvalue weighted by Crippen LogP contribution is 2.17. The molecule has 1 aromatic heterocycles. The van der Waals surface area contributed by atoms with Gasteiger partial charge in [-0.25, -0.2) is 9.97 Å². The minimum absolute atomic E-state index is 0.905. The van der Waals surface area contributed by atoms with E-state index in [9.17, 15) is 0 Å². The normalized spacial score (nSPS) is 11.1. The average Bonchev–Trinajstić information content (AvgIpc) is 2.44. The first-order chi connectivity index (χ1) is 8.85. The van der Waals surface area contributed by atoms with Crippen LogP contribution in [-0.4, -0.2) is 41.0 Å². The van der Waals surface area contributed by atoms with Crippen molar-refractivity contribution in [3.63, 3.8) is 0 Å². The molecule has 18 heavy (non-hydrogen) atoms. The van der Waals surface area contributed by atoms with Gasteiger partial charge in [0.25, 0.3) is 0 Å². The number of hydrogen-bond acceptors (Lipinski definition) is 4. The second-order valence-corrected chi connectivity index (χ2v) is 4.19. The van der Waals surface area contributed by atoms with E-state index in [0.717, 1.165) is 42.9 Å². The van der Waals surface area contributed by atoms with Crippen LogP contribution in [0.25, 0.3) is 10.9 Å². The summed E-state index contributed by atoms with van der Waals surface area (Å²) in [5.41, 5.74) is 0.984. The molecule has 1 aromatic carbocycles. The predicted molar refractivity (Wildman–Crippen MR) is 75.8 cm³/mol. The fourth-order valence-electron chi connectivity index (χ4n) is 2.02. The number of nitrogens with zero attached hydrogens (tertiary/aromatic N) is 3. The zero-order valence-electron chi connectivity index (χ0n) is 11.1. The maximum absolute atomic E-state index is 4.31. The Balaban J connectivity index is 2.03. The van der Waals surface area contributed by atoms with E-state index in [1.165, 1.54) is 0 Å². The summed E-state index contributed by atoms with van der Waals surface area (Å²) < 4.78 is 0. The van der Waals surface area contributed by atoms with E-state index < -0.39 is 0 Å². The quantitative estimate of drug-likeness (QED) is 0.847. The molecule has 0 aliphatic heterocycles. The number of fused-ring (bicyclic) bond motifs is 1. The smallest absolute Gasteiger partial charge is 0.137 e. The van der Waals surface area contributed by atoms with Crippen molar-refractivity contribution >= 4 is 16.7 Å². The van der Waals surface area contributed by atoms with Gasteiger partial charge in [0.05, 0.1) is 5.52 Å². The van der Waals surface area contributed by atoms with Crippen LogP contribution in [-0.2, 0) is 0 Å². The molecule has 1 heterocycles. The molecule has 0 saturated heterocycles. The molecule has 0 saturated carbocycles. The molecule has 0 atom stereocenters. The van der Waals surface area contributed by atoms with Crippen molar-refractivity contribution < 1.29 is 0 Å². The Bertz CT molecular complexity index is 489. The van der Waals surface area contributed by atoms with Crippen LogP contribution in [0.15, 0.2) is 30.6 Å². The van der Waals surface area contributed by atoms with E-state index in [0.29, 0.717) is 0 Å². The number of likely N-dealkylation sites (N-methyl/N-ethyl adjacent to an activating group) is 1. The molecule has 96 valence electrons. The first-order valence-corrected chi connectivity index (χ1v) is 6.51. The van der Waals surface area contributed by atoms with Gasteiger partial charge in [0.15, 0.2) is 0 Å². The van der Waals surface area contributed by atoms with Gasteiger partial charge in [-0.15, -0.1) is 0 Å². The third-order valence-electron chi connectivity index (χ3n) is 3.16. The first kappa shape index (κ1) is 12.8. The molecule has 0 aliphatic rings. The van der Waals surface area contributed by atoms with Crippen LogP contribution in [0.4, 0.5) is 5.82 Å². The summed E-state index contributed by atoms with van der Waals surface area (Å²) in [4.78, 5) is 11.0. The molecule has 1 N–H and O–H groups in total. The van der Waals surface area contributed by atoms with Crippen molar-refractivity contribution in [2.45, 2.75) is 13.8 Å². The van der Waals surface area contributed by atoms with Crippen LogP contribution in [0.2, 0.25) is 0 Å². The number of anilines is 1. The number of nitrogens with one attached hydrogen (secondary N) is 1. The zero-order chi connectivity index (χ0) is 12.8. The topological polar surface area (TPSA) is 41.0 Å². The van der Waals surface area contributed by atoms with Crippen molar-refractivity contribution in [3.8, 4) is 0 Å². The van der Waals surface area contributed by atoms with Crippen LogP contribution < -0.4 is 5.32 Å². The number of para-hydroxylation sites is 1. The lowest BCUT2D eigenvalue weighted by molar-refractivity contribution is 0.316. The Kier molecular flexibility index (Phi) is 4.47. The molecular formula is C14H20N4. The van der Waals surface area contributed by atoms with Gasteiger partial charge in [0.2, 0.25) is 0 Å². The van der Waals surface area contributed by atoms with Gasteiger partial charge in [-0.05, 0) is 25.2 Å². The van der Waals surface area contributed by atoms with Crippen LogP contribution in [0.5, 0.6) is 0 Å². The van der Waals surface area contributed by atoms with Crippen LogP contribution >= 0.6 is 0 Å². The molecule has 0 bridgehead atoms. The monoisotopic (exact) mass is 244 g/mol. The van der Waals surface area contributed by atoms with Gasteiger partial charge in [0.1, 0.15) is 12.1 Å². The van der Waals surface area contributed by atoms with Gasteiger partial charge in [-0.3, -0.25) is 0 Å². The lowest BCUT2D eigenvalue weighted by Gasteiger charge is -2.18. The van der Waals surface area contributed by atoms with Crippen molar-refractivity contribution in [2.24, 2.45) is 0 Å². The van der Waals surface area contributed by atoms with Crippen LogP contribution in [0.1, 0.15) is 13.8 Å². The van der Waals surface area contributed by atoms with Crippen molar-refractivity contribution in [2.75, 3.05) is 31.5 Å². The second kappa shape index (κ2) is 6.31.